The Morgan fingerprint density at radius 3 is 2.62 bits per heavy atom. The quantitative estimate of drug-likeness (QED) is 0.792. The number of rotatable bonds is 5. The zero-order chi connectivity index (χ0) is 15.4. The van der Waals surface area contributed by atoms with Crippen LogP contribution in [0.1, 0.15) is 24.2 Å². The molecule has 0 aliphatic heterocycles. The Morgan fingerprint density at radius 1 is 1.24 bits per heavy atom. The highest BCUT2D eigenvalue weighted by molar-refractivity contribution is 6.05. The molecule has 2 rings (SSSR count). The van der Waals surface area contributed by atoms with Crippen molar-refractivity contribution in [2.45, 2.75) is 13.8 Å². The molecule has 2 aromatic rings. The Hall–Kier alpha value is -2.30. The van der Waals surface area contributed by atoms with Crippen molar-refractivity contribution in [2.24, 2.45) is 0 Å². The van der Waals surface area contributed by atoms with Gasteiger partial charge in [-0.1, -0.05) is 0 Å². The van der Waals surface area contributed by atoms with E-state index in [4.69, 9.17) is 9.47 Å². The molecule has 0 bridgehead atoms. The van der Waals surface area contributed by atoms with Gasteiger partial charge in [-0.15, -0.1) is 0 Å². The average molecular weight is 288 g/mol. The number of carbonyl (C=O) groups is 1. The third-order valence-corrected chi connectivity index (χ3v) is 3.07. The fourth-order valence-electron chi connectivity index (χ4n) is 2.26. The number of esters is 1. The molecule has 21 heavy (non-hydrogen) atoms. The molecule has 0 fully saturated rings. The van der Waals surface area contributed by atoms with Gasteiger partial charge >= 0.3 is 5.97 Å². The zero-order valence-corrected chi connectivity index (χ0v) is 12.8. The minimum absolute atomic E-state index is 0.340. The summed E-state index contributed by atoms with van der Waals surface area (Å²) in [6, 6.07) is 5.68. The van der Waals surface area contributed by atoms with Crippen LogP contribution in [0.5, 0.6) is 5.75 Å². The summed E-state index contributed by atoms with van der Waals surface area (Å²) < 4.78 is 10.6. The van der Waals surface area contributed by atoms with Gasteiger partial charge in [0.15, 0.2) is 0 Å². The number of ether oxygens (including phenoxy) is 2. The standard InChI is InChI=1S/C16H20N2O3/c1-5-20-11-7-8-12-14(9-11)17-10-13(15(12)18(3)4)16(19)21-6-2/h7-10H,5-6H2,1-4H3. The van der Waals surface area contributed by atoms with E-state index in [0.717, 1.165) is 22.3 Å². The molecule has 0 saturated heterocycles. The van der Waals surface area contributed by atoms with Gasteiger partial charge in [-0.2, -0.15) is 0 Å². The van der Waals surface area contributed by atoms with Gasteiger partial charge in [0.1, 0.15) is 11.3 Å². The second-order valence-corrected chi connectivity index (χ2v) is 4.75. The molecule has 112 valence electrons. The van der Waals surface area contributed by atoms with Crippen molar-refractivity contribution in [3.05, 3.63) is 30.0 Å². The Balaban J connectivity index is 2.60. The highest BCUT2D eigenvalue weighted by Gasteiger charge is 2.18. The van der Waals surface area contributed by atoms with E-state index in [0.29, 0.717) is 18.8 Å². The van der Waals surface area contributed by atoms with E-state index in [-0.39, 0.29) is 5.97 Å². The highest BCUT2D eigenvalue weighted by atomic mass is 16.5. The molecule has 1 aromatic carbocycles. The summed E-state index contributed by atoms with van der Waals surface area (Å²) in [5, 5.41) is 0.897. The van der Waals surface area contributed by atoms with Gasteiger partial charge in [-0.25, -0.2) is 4.79 Å². The Bertz CT molecular complexity index is 653. The summed E-state index contributed by atoms with van der Waals surface area (Å²) in [4.78, 5) is 18.3. The first kappa shape index (κ1) is 15.1. The van der Waals surface area contributed by atoms with Crippen molar-refractivity contribution >= 4 is 22.6 Å². The van der Waals surface area contributed by atoms with Crippen molar-refractivity contribution in [1.29, 1.82) is 0 Å². The largest absolute Gasteiger partial charge is 0.494 e. The van der Waals surface area contributed by atoms with Gasteiger partial charge in [0.25, 0.3) is 0 Å². The lowest BCUT2D eigenvalue weighted by atomic mass is 10.1. The SMILES string of the molecule is CCOC(=O)c1cnc2cc(OCC)ccc2c1N(C)C. The van der Waals surface area contributed by atoms with E-state index in [1.807, 2.05) is 44.1 Å². The average Bonchev–Trinajstić information content (AvgIpc) is 2.46. The fourth-order valence-corrected chi connectivity index (χ4v) is 2.26. The number of hydrogen-bond acceptors (Lipinski definition) is 5. The van der Waals surface area contributed by atoms with Crippen LogP contribution in [0, 0.1) is 0 Å². The summed E-state index contributed by atoms with van der Waals surface area (Å²) in [5.74, 6) is 0.413. The van der Waals surface area contributed by atoms with Crippen LogP contribution in [0.15, 0.2) is 24.4 Å². The van der Waals surface area contributed by atoms with Gasteiger partial charge in [0.2, 0.25) is 0 Å². The van der Waals surface area contributed by atoms with Crippen LogP contribution in [0.4, 0.5) is 5.69 Å². The van der Waals surface area contributed by atoms with Gasteiger partial charge in [0, 0.05) is 31.7 Å². The third-order valence-electron chi connectivity index (χ3n) is 3.07. The van der Waals surface area contributed by atoms with Crippen molar-refractivity contribution in [1.82, 2.24) is 4.98 Å². The molecule has 0 amide bonds. The van der Waals surface area contributed by atoms with Gasteiger partial charge in [-0.3, -0.25) is 4.98 Å². The molecule has 0 radical (unpaired) electrons. The monoisotopic (exact) mass is 288 g/mol. The number of nitrogens with zero attached hydrogens (tertiary/aromatic N) is 2. The molecule has 0 saturated carbocycles. The van der Waals surface area contributed by atoms with Crippen LogP contribution >= 0.6 is 0 Å². The first-order valence-electron chi connectivity index (χ1n) is 6.98. The molecule has 0 N–H and O–H groups in total. The van der Waals surface area contributed by atoms with Crippen LogP contribution in [0.25, 0.3) is 10.9 Å². The van der Waals surface area contributed by atoms with E-state index in [1.165, 1.54) is 0 Å². The lowest BCUT2D eigenvalue weighted by Crippen LogP contribution is -2.16. The number of fused-ring (bicyclic) bond motifs is 1. The summed E-state index contributed by atoms with van der Waals surface area (Å²) in [5.41, 5.74) is 2.07. The molecular weight excluding hydrogens is 268 g/mol. The Morgan fingerprint density at radius 2 is 2.00 bits per heavy atom. The van der Waals surface area contributed by atoms with Crippen LogP contribution < -0.4 is 9.64 Å². The number of anilines is 1. The van der Waals surface area contributed by atoms with Crippen molar-refractivity contribution < 1.29 is 14.3 Å². The third kappa shape index (κ3) is 3.07. The van der Waals surface area contributed by atoms with Crippen LogP contribution in [0.3, 0.4) is 0 Å². The number of aromatic nitrogens is 1. The molecule has 0 aliphatic carbocycles. The van der Waals surface area contributed by atoms with Gasteiger partial charge in [-0.05, 0) is 26.0 Å². The predicted octanol–water partition coefficient (Wildman–Crippen LogP) is 2.88. The lowest BCUT2D eigenvalue weighted by Gasteiger charge is -2.19. The smallest absolute Gasteiger partial charge is 0.341 e. The Labute approximate surface area is 124 Å². The first-order valence-corrected chi connectivity index (χ1v) is 6.98. The maximum absolute atomic E-state index is 12.1. The van der Waals surface area contributed by atoms with E-state index >= 15 is 0 Å². The van der Waals surface area contributed by atoms with E-state index in [1.54, 1.807) is 13.1 Å². The zero-order valence-electron chi connectivity index (χ0n) is 12.8. The topological polar surface area (TPSA) is 51.7 Å². The van der Waals surface area contributed by atoms with E-state index in [2.05, 4.69) is 4.98 Å². The van der Waals surface area contributed by atoms with Gasteiger partial charge < -0.3 is 14.4 Å². The summed E-state index contributed by atoms with van der Waals surface area (Å²) >= 11 is 0. The van der Waals surface area contributed by atoms with Crippen LogP contribution in [-0.2, 0) is 4.74 Å². The molecule has 0 aliphatic rings. The first-order chi connectivity index (χ1) is 10.1. The fraction of sp³-hybridized carbons (Fsp3) is 0.375. The predicted molar refractivity (Wildman–Crippen MR) is 83.2 cm³/mol. The summed E-state index contributed by atoms with van der Waals surface area (Å²) in [6.07, 6.45) is 1.56. The minimum atomic E-state index is -0.357. The van der Waals surface area contributed by atoms with Crippen molar-refractivity contribution in [3.63, 3.8) is 0 Å². The second-order valence-electron chi connectivity index (χ2n) is 4.75. The van der Waals surface area contributed by atoms with Crippen molar-refractivity contribution in [2.75, 3.05) is 32.2 Å². The summed E-state index contributed by atoms with van der Waals surface area (Å²) in [6.45, 7) is 4.67. The molecule has 0 unspecified atom stereocenters. The number of benzene rings is 1. The number of carbonyl (C=O) groups excluding carboxylic acids is 1. The highest BCUT2D eigenvalue weighted by Crippen LogP contribution is 2.31. The minimum Gasteiger partial charge on any atom is -0.494 e. The van der Waals surface area contributed by atoms with E-state index < -0.39 is 0 Å². The van der Waals surface area contributed by atoms with Crippen molar-refractivity contribution in [3.8, 4) is 5.75 Å². The molecule has 0 atom stereocenters. The Kier molecular flexibility index (Phi) is 4.62. The molecule has 0 spiro atoms. The maximum Gasteiger partial charge on any atom is 0.341 e. The number of hydrogen-bond donors (Lipinski definition) is 0. The van der Waals surface area contributed by atoms with E-state index in [9.17, 15) is 4.79 Å². The number of pyridine rings is 1. The molecule has 5 nitrogen and oxygen atoms in total. The summed E-state index contributed by atoms with van der Waals surface area (Å²) in [7, 11) is 3.79. The molecular formula is C16H20N2O3. The lowest BCUT2D eigenvalue weighted by molar-refractivity contribution is 0.0527. The molecule has 1 aromatic heterocycles. The normalized spacial score (nSPS) is 10.5. The maximum atomic E-state index is 12.1. The van der Waals surface area contributed by atoms with Crippen LogP contribution in [-0.4, -0.2) is 38.3 Å². The molecule has 5 heteroatoms. The van der Waals surface area contributed by atoms with Crippen LogP contribution in [0.2, 0.25) is 0 Å². The van der Waals surface area contributed by atoms with Gasteiger partial charge in [0.05, 0.1) is 24.4 Å². The second kappa shape index (κ2) is 6.43. The molecule has 1 heterocycles.